The second-order valence-corrected chi connectivity index (χ2v) is 11.3. The van der Waals surface area contributed by atoms with Crippen molar-refractivity contribution in [2.75, 3.05) is 20.2 Å². The van der Waals surface area contributed by atoms with E-state index >= 15 is 0 Å². The van der Waals surface area contributed by atoms with Crippen LogP contribution in [0.15, 0.2) is 0 Å². The minimum Gasteiger partial charge on any atom is -0.413 e. The number of likely N-dealkylation sites (tertiary alicyclic amines) is 1. The zero-order chi connectivity index (χ0) is 12.6. The largest absolute Gasteiger partial charge is 0.413 e. The Kier molecular flexibility index (Phi) is 4.22. The number of rotatable bonds is 3. The van der Waals surface area contributed by atoms with Gasteiger partial charge in [-0.25, -0.2) is 0 Å². The molecule has 0 unspecified atom stereocenters. The molecule has 0 spiro atoms. The molecule has 1 N–H and O–H groups in total. The Morgan fingerprint density at radius 1 is 1.38 bits per heavy atom. The summed E-state index contributed by atoms with van der Waals surface area (Å²) in [4.78, 5) is 2.21. The predicted octanol–water partition coefficient (Wildman–Crippen LogP) is 2.07. The third-order valence-corrected chi connectivity index (χ3v) is 8.66. The van der Waals surface area contributed by atoms with Crippen LogP contribution in [0.1, 0.15) is 27.2 Å². The van der Waals surface area contributed by atoms with Crippen LogP contribution in [0.5, 0.6) is 0 Å². The monoisotopic (exact) mass is 245 g/mol. The van der Waals surface area contributed by atoms with Gasteiger partial charge in [0.15, 0.2) is 8.32 Å². The van der Waals surface area contributed by atoms with Crippen LogP contribution >= 0.6 is 0 Å². The van der Waals surface area contributed by atoms with Crippen molar-refractivity contribution < 1.29 is 9.53 Å². The fourth-order valence-corrected chi connectivity index (χ4v) is 3.28. The average molecular weight is 245 g/mol. The van der Waals surface area contributed by atoms with Crippen molar-refractivity contribution >= 4 is 8.32 Å². The summed E-state index contributed by atoms with van der Waals surface area (Å²) in [5.41, 5.74) is 0. The SMILES string of the molecule is CN1C[C@@H](O[Si](C)(C)C(C)(C)C)C[C@H]1CO. The third kappa shape index (κ3) is 3.06. The van der Waals surface area contributed by atoms with Crippen LogP contribution in [0.2, 0.25) is 18.1 Å². The molecule has 0 aromatic carbocycles. The fraction of sp³-hybridized carbons (Fsp3) is 1.00. The van der Waals surface area contributed by atoms with Crippen LogP contribution in [0.4, 0.5) is 0 Å². The molecule has 0 bridgehead atoms. The molecule has 0 aliphatic carbocycles. The van der Waals surface area contributed by atoms with Gasteiger partial charge in [0.2, 0.25) is 0 Å². The standard InChI is InChI=1S/C12H27NO2Si/c1-12(2,3)16(5,6)15-11-7-10(9-14)13(4)8-11/h10-11,14H,7-9H2,1-6H3/t10-,11-/m0/s1. The summed E-state index contributed by atoms with van der Waals surface area (Å²) in [6.45, 7) is 12.6. The number of nitrogens with zero attached hydrogens (tertiary/aromatic N) is 1. The summed E-state index contributed by atoms with van der Waals surface area (Å²) in [5, 5.41) is 9.49. The molecule has 0 radical (unpaired) electrons. The van der Waals surface area contributed by atoms with Crippen LogP contribution in [0.3, 0.4) is 0 Å². The first kappa shape index (κ1) is 14.2. The lowest BCUT2D eigenvalue weighted by Crippen LogP contribution is -2.44. The number of aliphatic hydroxyl groups is 1. The Morgan fingerprint density at radius 3 is 2.31 bits per heavy atom. The predicted molar refractivity (Wildman–Crippen MR) is 70.2 cm³/mol. The quantitative estimate of drug-likeness (QED) is 0.773. The summed E-state index contributed by atoms with van der Waals surface area (Å²) >= 11 is 0. The van der Waals surface area contributed by atoms with E-state index in [2.05, 4.69) is 45.8 Å². The zero-order valence-corrected chi connectivity index (χ0v) is 12.6. The molecule has 0 aromatic rings. The lowest BCUT2D eigenvalue weighted by molar-refractivity contribution is 0.181. The van der Waals surface area contributed by atoms with Gasteiger partial charge in [-0.15, -0.1) is 0 Å². The first-order chi connectivity index (χ1) is 7.17. The van der Waals surface area contributed by atoms with Crippen molar-refractivity contribution in [3.05, 3.63) is 0 Å². The molecule has 2 atom stereocenters. The van der Waals surface area contributed by atoms with E-state index in [0.717, 1.165) is 13.0 Å². The Hall–Kier alpha value is 0.0969. The van der Waals surface area contributed by atoms with Crippen molar-refractivity contribution in [1.29, 1.82) is 0 Å². The zero-order valence-electron chi connectivity index (χ0n) is 11.6. The maximum atomic E-state index is 9.23. The van der Waals surface area contributed by atoms with Crippen LogP contribution < -0.4 is 0 Å². The minimum atomic E-state index is -1.65. The summed E-state index contributed by atoms with van der Waals surface area (Å²) in [7, 11) is 0.415. The molecular formula is C12H27NO2Si. The molecule has 3 nitrogen and oxygen atoms in total. The summed E-state index contributed by atoms with van der Waals surface area (Å²) < 4.78 is 6.35. The molecule has 4 heteroatoms. The summed E-state index contributed by atoms with van der Waals surface area (Å²) in [5.74, 6) is 0. The highest BCUT2D eigenvalue weighted by Crippen LogP contribution is 2.38. The molecule has 96 valence electrons. The molecule has 1 fully saturated rings. The minimum absolute atomic E-state index is 0.244. The van der Waals surface area contributed by atoms with E-state index in [1.807, 2.05) is 0 Å². The van der Waals surface area contributed by atoms with Crippen LogP contribution in [-0.2, 0) is 4.43 Å². The number of likely N-dealkylation sites (N-methyl/N-ethyl adjacent to an activating group) is 1. The molecule has 0 saturated carbocycles. The van der Waals surface area contributed by atoms with Gasteiger partial charge in [0.25, 0.3) is 0 Å². The van der Waals surface area contributed by atoms with Crippen molar-refractivity contribution in [3.63, 3.8) is 0 Å². The molecule has 1 aliphatic rings. The van der Waals surface area contributed by atoms with Crippen molar-refractivity contribution in [3.8, 4) is 0 Å². The summed E-state index contributed by atoms with van der Waals surface area (Å²) in [6, 6.07) is 0.287. The van der Waals surface area contributed by atoms with E-state index in [1.165, 1.54) is 0 Å². The molecule has 1 heterocycles. The van der Waals surface area contributed by atoms with Crippen LogP contribution in [-0.4, -0.2) is 50.7 Å². The van der Waals surface area contributed by atoms with E-state index < -0.39 is 8.32 Å². The second kappa shape index (κ2) is 4.76. The number of aliphatic hydroxyl groups excluding tert-OH is 1. The van der Waals surface area contributed by atoms with Gasteiger partial charge >= 0.3 is 0 Å². The van der Waals surface area contributed by atoms with Gasteiger partial charge in [-0.2, -0.15) is 0 Å². The molecule has 16 heavy (non-hydrogen) atoms. The van der Waals surface area contributed by atoms with E-state index in [0.29, 0.717) is 6.10 Å². The number of hydrogen-bond donors (Lipinski definition) is 1. The number of hydrogen-bond acceptors (Lipinski definition) is 3. The van der Waals surface area contributed by atoms with Gasteiger partial charge in [-0.1, -0.05) is 20.8 Å². The Balaban J connectivity index is 2.57. The van der Waals surface area contributed by atoms with Crippen molar-refractivity contribution in [1.82, 2.24) is 4.90 Å². The Morgan fingerprint density at radius 2 is 1.94 bits per heavy atom. The van der Waals surface area contributed by atoms with Crippen molar-refractivity contribution in [2.45, 2.75) is 57.5 Å². The molecule has 0 amide bonds. The molecule has 1 rings (SSSR count). The van der Waals surface area contributed by atoms with Crippen LogP contribution in [0, 0.1) is 0 Å². The Bertz CT molecular complexity index is 238. The molecule has 0 aromatic heterocycles. The van der Waals surface area contributed by atoms with Crippen LogP contribution in [0.25, 0.3) is 0 Å². The van der Waals surface area contributed by atoms with Gasteiger partial charge in [0.05, 0.1) is 12.7 Å². The normalized spacial score (nSPS) is 28.7. The Labute approximate surface area is 101 Å². The first-order valence-electron chi connectivity index (χ1n) is 6.16. The van der Waals surface area contributed by atoms with E-state index in [4.69, 9.17) is 4.43 Å². The van der Waals surface area contributed by atoms with E-state index in [9.17, 15) is 5.11 Å². The summed E-state index contributed by atoms with van der Waals surface area (Å²) in [6.07, 6.45) is 1.28. The van der Waals surface area contributed by atoms with E-state index in [1.54, 1.807) is 0 Å². The van der Waals surface area contributed by atoms with Gasteiger partial charge in [-0.05, 0) is 31.6 Å². The van der Waals surface area contributed by atoms with Crippen molar-refractivity contribution in [2.24, 2.45) is 0 Å². The third-order valence-electron chi connectivity index (χ3n) is 4.13. The first-order valence-corrected chi connectivity index (χ1v) is 9.07. The van der Waals surface area contributed by atoms with Gasteiger partial charge in [0.1, 0.15) is 0 Å². The fourth-order valence-electron chi connectivity index (χ4n) is 1.92. The maximum Gasteiger partial charge on any atom is 0.192 e. The highest BCUT2D eigenvalue weighted by molar-refractivity contribution is 6.74. The second-order valence-electron chi connectivity index (χ2n) is 6.51. The molecule has 1 aliphatic heterocycles. The molecular weight excluding hydrogens is 218 g/mol. The lowest BCUT2D eigenvalue weighted by Gasteiger charge is -2.38. The topological polar surface area (TPSA) is 32.7 Å². The van der Waals surface area contributed by atoms with Gasteiger partial charge in [0, 0.05) is 12.6 Å². The maximum absolute atomic E-state index is 9.23. The van der Waals surface area contributed by atoms with E-state index in [-0.39, 0.29) is 17.7 Å². The smallest absolute Gasteiger partial charge is 0.192 e. The van der Waals surface area contributed by atoms with Gasteiger partial charge < -0.3 is 9.53 Å². The highest BCUT2D eigenvalue weighted by atomic mass is 28.4. The lowest BCUT2D eigenvalue weighted by atomic mass is 10.2. The highest BCUT2D eigenvalue weighted by Gasteiger charge is 2.41. The average Bonchev–Trinajstić information content (AvgIpc) is 2.43. The van der Waals surface area contributed by atoms with Gasteiger partial charge in [-0.3, -0.25) is 4.90 Å². The molecule has 1 saturated heterocycles.